The number of hydrogen-bond donors (Lipinski definition) is 1. The zero-order valence-corrected chi connectivity index (χ0v) is 8.99. The van der Waals surface area contributed by atoms with E-state index < -0.39 is 15.7 Å². The van der Waals surface area contributed by atoms with Crippen molar-refractivity contribution in [2.75, 3.05) is 5.75 Å². The number of sulfone groups is 1. The molecule has 5 nitrogen and oxygen atoms in total. The second-order valence-corrected chi connectivity index (χ2v) is 5.18. The Kier molecular flexibility index (Phi) is 3.41. The minimum Gasteiger partial charge on any atom is -0.369 e. The summed E-state index contributed by atoms with van der Waals surface area (Å²) in [6.07, 6.45) is 3.75. The predicted octanol–water partition coefficient (Wildman–Crippen LogP) is -0.0871. The number of aromatic nitrogens is 1. The number of nitrogens with two attached hydrogens (primary N) is 1. The summed E-state index contributed by atoms with van der Waals surface area (Å²) in [6.45, 7) is 1.54. The van der Waals surface area contributed by atoms with E-state index in [4.69, 9.17) is 5.73 Å². The number of carbonyl (C=O) groups is 1. The fourth-order valence-corrected chi connectivity index (χ4v) is 1.89. The number of amides is 1. The van der Waals surface area contributed by atoms with Gasteiger partial charge in [0, 0.05) is 12.4 Å². The Labute approximate surface area is 88.2 Å². The average molecular weight is 227 g/mol. The Morgan fingerprint density at radius 2 is 2.20 bits per heavy atom. The smallest absolute Gasteiger partial charge is 0.226 e. The molecule has 2 N–H and O–H groups in total. The molecule has 0 saturated heterocycles. The van der Waals surface area contributed by atoms with E-state index in [1.54, 1.807) is 6.92 Å². The molecule has 0 spiro atoms. The van der Waals surface area contributed by atoms with Gasteiger partial charge in [-0.25, -0.2) is 8.42 Å². The highest BCUT2D eigenvalue weighted by Crippen LogP contribution is 2.12. The van der Waals surface area contributed by atoms with Crippen LogP contribution in [0.2, 0.25) is 0 Å². The van der Waals surface area contributed by atoms with Gasteiger partial charge in [0.2, 0.25) is 5.91 Å². The Hall–Kier alpha value is -1.43. The van der Waals surface area contributed by atoms with Gasteiger partial charge in [-0.2, -0.15) is 0 Å². The zero-order chi connectivity index (χ0) is 11.5. The van der Waals surface area contributed by atoms with Crippen LogP contribution < -0.4 is 5.73 Å². The van der Waals surface area contributed by atoms with Crippen molar-refractivity contribution in [2.24, 2.45) is 5.73 Å². The van der Waals surface area contributed by atoms with Crippen LogP contribution in [0.5, 0.6) is 0 Å². The Morgan fingerprint density at radius 3 is 2.73 bits per heavy atom. The summed E-state index contributed by atoms with van der Waals surface area (Å²) in [6, 6.07) is 1.37. The summed E-state index contributed by atoms with van der Waals surface area (Å²) >= 11 is 0. The molecule has 1 aromatic heterocycles. The highest BCUT2D eigenvalue weighted by atomic mass is 32.2. The van der Waals surface area contributed by atoms with Crippen molar-refractivity contribution < 1.29 is 13.2 Å². The van der Waals surface area contributed by atoms with Crippen LogP contribution in [0.3, 0.4) is 0 Å². The number of pyridine rings is 1. The van der Waals surface area contributed by atoms with Crippen molar-refractivity contribution in [1.29, 1.82) is 0 Å². The number of primary amides is 1. The number of nitrogens with zero attached hydrogens (tertiary/aromatic N) is 1. The molecule has 6 heteroatoms. The second-order valence-electron chi connectivity index (χ2n) is 2.90. The van der Waals surface area contributed by atoms with E-state index in [-0.39, 0.29) is 10.6 Å². The van der Waals surface area contributed by atoms with Crippen molar-refractivity contribution in [2.45, 2.75) is 11.8 Å². The van der Waals surface area contributed by atoms with Gasteiger partial charge in [-0.1, -0.05) is 6.92 Å². The lowest BCUT2D eigenvalue weighted by Gasteiger charge is -2.02. The van der Waals surface area contributed by atoms with Gasteiger partial charge in [0.1, 0.15) is 0 Å². The third-order valence-corrected chi connectivity index (χ3v) is 3.48. The summed E-state index contributed by atoms with van der Waals surface area (Å²) in [5, 5.41) is 0. The molecule has 1 amide bonds. The quantitative estimate of drug-likeness (QED) is 0.778. The minimum atomic E-state index is -3.29. The summed E-state index contributed by atoms with van der Waals surface area (Å²) in [5.41, 5.74) is 5.33. The van der Waals surface area contributed by atoms with Crippen molar-refractivity contribution in [3.63, 3.8) is 0 Å². The van der Waals surface area contributed by atoms with Gasteiger partial charge >= 0.3 is 0 Å². The molecular formula is C9H11N2O3S. The summed E-state index contributed by atoms with van der Waals surface area (Å²) < 4.78 is 22.9. The van der Waals surface area contributed by atoms with Crippen molar-refractivity contribution in [3.05, 3.63) is 30.4 Å². The van der Waals surface area contributed by atoms with E-state index in [1.807, 2.05) is 0 Å². The fourth-order valence-electron chi connectivity index (χ4n) is 1.02. The molecule has 0 unspecified atom stereocenters. The number of carbonyl (C=O) groups excluding carboxylic acids is 1. The second kappa shape index (κ2) is 4.39. The molecule has 0 atom stereocenters. The fraction of sp³-hybridized carbons (Fsp3) is 0.222. The molecule has 0 aliphatic rings. The lowest BCUT2D eigenvalue weighted by Crippen LogP contribution is -2.12. The van der Waals surface area contributed by atoms with Crippen LogP contribution in [0, 0.1) is 6.42 Å². The molecule has 1 aromatic rings. The summed E-state index contributed by atoms with van der Waals surface area (Å²) in [5.74, 6) is -0.642. The molecule has 1 radical (unpaired) electrons. The highest BCUT2D eigenvalue weighted by molar-refractivity contribution is 7.91. The van der Waals surface area contributed by atoms with Crippen LogP contribution in [0.4, 0.5) is 0 Å². The first-order valence-electron chi connectivity index (χ1n) is 4.27. The molecule has 1 heterocycles. The Balaban J connectivity index is 3.08. The lowest BCUT2D eigenvalue weighted by atomic mass is 10.2. The molecule has 1 rings (SSSR count). The molecule has 0 aromatic carbocycles. The van der Waals surface area contributed by atoms with Gasteiger partial charge < -0.3 is 5.73 Å². The topological polar surface area (TPSA) is 90.1 Å². The van der Waals surface area contributed by atoms with Gasteiger partial charge in [-0.05, 0) is 11.6 Å². The van der Waals surface area contributed by atoms with E-state index >= 15 is 0 Å². The molecule has 0 saturated carbocycles. The minimum absolute atomic E-state index is 0.00525. The third-order valence-electron chi connectivity index (χ3n) is 1.78. The standard InChI is InChI=1S/C9H11N2O3S/c1-2-15(13,14)8-3-7(4-9(10)12)5-11-6-8/h3-6H,2H2,1H3,(H2,10,12). The van der Waals surface area contributed by atoms with E-state index in [1.165, 1.54) is 18.5 Å². The Morgan fingerprint density at radius 1 is 1.53 bits per heavy atom. The van der Waals surface area contributed by atoms with Gasteiger partial charge in [-0.15, -0.1) is 0 Å². The molecule has 0 aliphatic heterocycles. The van der Waals surface area contributed by atoms with Gasteiger partial charge in [0.25, 0.3) is 0 Å². The maximum absolute atomic E-state index is 11.5. The normalized spacial score (nSPS) is 11.3. The van der Waals surface area contributed by atoms with Crippen LogP contribution in [0.15, 0.2) is 23.4 Å². The number of hydrogen-bond acceptors (Lipinski definition) is 4. The van der Waals surface area contributed by atoms with Crippen molar-refractivity contribution in [1.82, 2.24) is 4.98 Å². The van der Waals surface area contributed by atoms with E-state index in [2.05, 4.69) is 4.98 Å². The van der Waals surface area contributed by atoms with E-state index in [9.17, 15) is 13.2 Å². The lowest BCUT2D eigenvalue weighted by molar-refractivity contribution is -0.114. The van der Waals surface area contributed by atoms with Gasteiger partial charge in [0.15, 0.2) is 9.84 Å². The maximum atomic E-state index is 11.5. The number of rotatable bonds is 4. The summed E-state index contributed by atoms with van der Waals surface area (Å²) in [4.78, 5) is 14.4. The van der Waals surface area contributed by atoms with Crippen molar-refractivity contribution >= 4 is 15.7 Å². The molecule has 0 fully saturated rings. The van der Waals surface area contributed by atoms with Crippen LogP contribution in [-0.4, -0.2) is 25.1 Å². The third kappa shape index (κ3) is 3.02. The van der Waals surface area contributed by atoms with Crippen LogP contribution in [0.1, 0.15) is 12.5 Å². The molecule has 0 aliphatic carbocycles. The zero-order valence-electron chi connectivity index (χ0n) is 8.17. The first-order chi connectivity index (χ1) is 6.95. The van der Waals surface area contributed by atoms with E-state index in [0.717, 1.165) is 6.42 Å². The average Bonchev–Trinajstić information content (AvgIpc) is 2.17. The van der Waals surface area contributed by atoms with E-state index in [0.29, 0.717) is 5.56 Å². The molecular weight excluding hydrogens is 216 g/mol. The molecule has 15 heavy (non-hydrogen) atoms. The van der Waals surface area contributed by atoms with Crippen LogP contribution in [0.25, 0.3) is 0 Å². The molecule has 0 bridgehead atoms. The maximum Gasteiger partial charge on any atom is 0.226 e. The monoisotopic (exact) mass is 227 g/mol. The van der Waals surface area contributed by atoms with Gasteiger partial charge in [0.05, 0.1) is 17.1 Å². The SMILES string of the molecule is CCS(=O)(=O)c1cncc([CH]C(N)=O)c1. The van der Waals surface area contributed by atoms with Crippen molar-refractivity contribution in [3.8, 4) is 0 Å². The molecule has 81 valence electrons. The Bertz CT molecular complexity index is 468. The van der Waals surface area contributed by atoms with Crippen LogP contribution in [-0.2, 0) is 14.6 Å². The van der Waals surface area contributed by atoms with Crippen LogP contribution >= 0.6 is 0 Å². The first kappa shape index (κ1) is 11.6. The van der Waals surface area contributed by atoms with Gasteiger partial charge in [-0.3, -0.25) is 9.78 Å². The summed E-state index contributed by atoms with van der Waals surface area (Å²) in [7, 11) is -3.29. The predicted molar refractivity (Wildman–Crippen MR) is 54.6 cm³/mol. The highest BCUT2D eigenvalue weighted by Gasteiger charge is 2.12. The largest absolute Gasteiger partial charge is 0.369 e. The first-order valence-corrected chi connectivity index (χ1v) is 5.93.